The maximum absolute atomic E-state index is 10.4. The SMILES string of the molecule is CC(C)CCN1CCC(CCC(=O)O)C1. The monoisotopic (exact) mass is 213 g/mol. The van der Waals surface area contributed by atoms with Crippen LogP contribution in [0.25, 0.3) is 0 Å². The van der Waals surface area contributed by atoms with Crippen molar-refractivity contribution in [1.82, 2.24) is 4.90 Å². The van der Waals surface area contributed by atoms with Gasteiger partial charge in [0.2, 0.25) is 0 Å². The van der Waals surface area contributed by atoms with Crippen LogP contribution in [-0.2, 0) is 4.79 Å². The molecule has 3 heteroatoms. The molecule has 0 aromatic rings. The molecule has 1 unspecified atom stereocenters. The van der Waals surface area contributed by atoms with Crippen molar-refractivity contribution in [2.45, 2.75) is 39.5 Å². The van der Waals surface area contributed by atoms with Crippen molar-refractivity contribution in [1.29, 1.82) is 0 Å². The minimum Gasteiger partial charge on any atom is -0.481 e. The number of carboxylic acids is 1. The molecular weight excluding hydrogens is 190 g/mol. The summed E-state index contributed by atoms with van der Waals surface area (Å²) in [4.78, 5) is 12.9. The third kappa shape index (κ3) is 5.17. The molecule has 0 radical (unpaired) electrons. The topological polar surface area (TPSA) is 40.5 Å². The molecule has 1 saturated heterocycles. The smallest absolute Gasteiger partial charge is 0.303 e. The zero-order valence-electron chi connectivity index (χ0n) is 9.91. The fourth-order valence-electron chi connectivity index (χ4n) is 2.12. The van der Waals surface area contributed by atoms with Gasteiger partial charge >= 0.3 is 5.97 Å². The number of rotatable bonds is 6. The first-order valence-electron chi connectivity index (χ1n) is 6.02. The number of likely N-dealkylation sites (tertiary alicyclic amines) is 1. The lowest BCUT2D eigenvalue weighted by Crippen LogP contribution is -2.23. The highest BCUT2D eigenvalue weighted by molar-refractivity contribution is 5.66. The molecule has 0 amide bonds. The van der Waals surface area contributed by atoms with E-state index in [1.54, 1.807) is 0 Å². The molecule has 3 nitrogen and oxygen atoms in total. The Morgan fingerprint density at radius 2 is 2.27 bits per heavy atom. The molecule has 0 aromatic heterocycles. The third-order valence-corrected chi connectivity index (χ3v) is 3.16. The predicted octanol–water partition coefficient (Wildman–Crippen LogP) is 2.22. The Bertz CT molecular complexity index is 204. The molecule has 0 aromatic carbocycles. The van der Waals surface area contributed by atoms with Crippen LogP contribution in [0.5, 0.6) is 0 Å². The van der Waals surface area contributed by atoms with Gasteiger partial charge in [-0.25, -0.2) is 0 Å². The van der Waals surface area contributed by atoms with Crippen molar-refractivity contribution in [3.63, 3.8) is 0 Å². The van der Waals surface area contributed by atoms with Crippen molar-refractivity contribution >= 4 is 5.97 Å². The lowest BCUT2D eigenvalue weighted by Gasteiger charge is -2.16. The van der Waals surface area contributed by atoms with Crippen LogP contribution in [-0.4, -0.2) is 35.6 Å². The number of carbonyl (C=O) groups is 1. The van der Waals surface area contributed by atoms with Crippen molar-refractivity contribution in [2.75, 3.05) is 19.6 Å². The van der Waals surface area contributed by atoms with Gasteiger partial charge in [-0.1, -0.05) is 13.8 Å². The first-order chi connectivity index (χ1) is 7.08. The summed E-state index contributed by atoms with van der Waals surface area (Å²) in [7, 11) is 0. The van der Waals surface area contributed by atoms with E-state index in [1.165, 1.54) is 19.4 Å². The van der Waals surface area contributed by atoms with Gasteiger partial charge in [0, 0.05) is 13.0 Å². The average Bonchev–Trinajstić information content (AvgIpc) is 2.59. The number of carboxylic acid groups (broad SMARTS) is 1. The first kappa shape index (κ1) is 12.5. The van der Waals surface area contributed by atoms with E-state index in [4.69, 9.17) is 5.11 Å². The zero-order valence-corrected chi connectivity index (χ0v) is 9.91. The molecular formula is C12H23NO2. The Labute approximate surface area is 92.5 Å². The third-order valence-electron chi connectivity index (χ3n) is 3.16. The second-order valence-corrected chi connectivity index (χ2v) is 5.07. The summed E-state index contributed by atoms with van der Waals surface area (Å²) < 4.78 is 0. The molecule has 1 aliphatic rings. The van der Waals surface area contributed by atoms with Crippen molar-refractivity contribution in [3.05, 3.63) is 0 Å². The minimum atomic E-state index is -0.657. The van der Waals surface area contributed by atoms with Crippen LogP contribution in [0.2, 0.25) is 0 Å². The van der Waals surface area contributed by atoms with E-state index in [0.717, 1.165) is 25.4 Å². The summed E-state index contributed by atoms with van der Waals surface area (Å²) in [6.45, 7) is 7.95. The van der Waals surface area contributed by atoms with Gasteiger partial charge < -0.3 is 10.0 Å². The number of hydrogen-bond donors (Lipinski definition) is 1. The Kier molecular flexibility index (Phi) is 5.09. The molecule has 1 N–H and O–H groups in total. The summed E-state index contributed by atoms with van der Waals surface area (Å²) in [6, 6.07) is 0. The van der Waals surface area contributed by atoms with Gasteiger partial charge in [0.05, 0.1) is 0 Å². The van der Waals surface area contributed by atoms with Gasteiger partial charge in [-0.05, 0) is 44.2 Å². The summed E-state index contributed by atoms with van der Waals surface area (Å²) in [5.74, 6) is 0.729. The molecule has 1 atom stereocenters. The highest BCUT2D eigenvalue weighted by Gasteiger charge is 2.22. The first-order valence-corrected chi connectivity index (χ1v) is 6.02. The van der Waals surface area contributed by atoms with Gasteiger partial charge in [0.1, 0.15) is 0 Å². The van der Waals surface area contributed by atoms with Crippen LogP contribution >= 0.6 is 0 Å². The van der Waals surface area contributed by atoms with E-state index >= 15 is 0 Å². The van der Waals surface area contributed by atoms with E-state index in [0.29, 0.717) is 12.3 Å². The standard InChI is InChI=1S/C12H23NO2/c1-10(2)5-7-13-8-6-11(9-13)3-4-12(14)15/h10-11H,3-9H2,1-2H3,(H,14,15). The number of aliphatic carboxylic acids is 1. The Hall–Kier alpha value is -0.570. The summed E-state index contributed by atoms with van der Waals surface area (Å²) in [5.41, 5.74) is 0. The highest BCUT2D eigenvalue weighted by atomic mass is 16.4. The molecule has 0 bridgehead atoms. The van der Waals surface area contributed by atoms with Crippen molar-refractivity contribution < 1.29 is 9.90 Å². The van der Waals surface area contributed by atoms with E-state index in [9.17, 15) is 4.79 Å². The van der Waals surface area contributed by atoms with Crippen LogP contribution in [0.3, 0.4) is 0 Å². The highest BCUT2D eigenvalue weighted by Crippen LogP contribution is 2.21. The van der Waals surface area contributed by atoms with Crippen LogP contribution < -0.4 is 0 Å². The predicted molar refractivity (Wildman–Crippen MR) is 60.9 cm³/mol. The van der Waals surface area contributed by atoms with Crippen molar-refractivity contribution in [3.8, 4) is 0 Å². The lowest BCUT2D eigenvalue weighted by molar-refractivity contribution is -0.137. The number of nitrogens with zero attached hydrogens (tertiary/aromatic N) is 1. The Morgan fingerprint density at radius 3 is 2.87 bits per heavy atom. The summed E-state index contributed by atoms with van der Waals surface area (Å²) >= 11 is 0. The van der Waals surface area contributed by atoms with Gasteiger partial charge in [0.25, 0.3) is 0 Å². The van der Waals surface area contributed by atoms with Gasteiger partial charge in [-0.15, -0.1) is 0 Å². The molecule has 88 valence electrons. The van der Waals surface area contributed by atoms with Crippen LogP contribution in [0, 0.1) is 11.8 Å². The Morgan fingerprint density at radius 1 is 1.53 bits per heavy atom. The minimum absolute atomic E-state index is 0.336. The van der Waals surface area contributed by atoms with E-state index in [1.807, 2.05) is 0 Å². The second kappa shape index (κ2) is 6.11. The largest absolute Gasteiger partial charge is 0.481 e. The maximum Gasteiger partial charge on any atom is 0.303 e. The van der Waals surface area contributed by atoms with Crippen LogP contribution in [0.15, 0.2) is 0 Å². The van der Waals surface area contributed by atoms with Crippen molar-refractivity contribution in [2.24, 2.45) is 11.8 Å². The second-order valence-electron chi connectivity index (χ2n) is 5.07. The molecule has 0 saturated carbocycles. The van der Waals surface area contributed by atoms with Crippen LogP contribution in [0.4, 0.5) is 0 Å². The molecule has 0 spiro atoms. The quantitative estimate of drug-likeness (QED) is 0.735. The lowest BCUT2D eigenvalue weighted by atomic mass is 10.0. The molecule has 15 heavy (non-hydrogen) atoms. The number of hydrogen-bond acceptors (Lipinski definition) is 2. The normalized spacial score (nSPS) is 22.5. The molecule has 1 aliphatic heterocycles. The fraction of sp³-hybridized carbons (Fsp3) is 0.917. The van der Waals surface area contributed by atoms with Gasteiger partial charge in [0.15, 0.2) is 0 Å². The van der Waals surface area contributed by atoms with E-state index < -0.39 is 5.97 Å². The summed E-state index contributed by atoms with van der Waals surface area (Å²) in [6.07, 6.45) is 3.63. The van der Waals surface area contributed by atoms with Gasteiger partial charge in [-0.2, -0.15) is 0 Å². The summed E-state index contributed by atoms with van der Waals surface area (Å²) in [5, 5.41) is 8.60. The van der Waals surface area contributed by atoms with E-state index in [-0.39, 0.29) is 0 Å². The molecule has 1 rings (SSSR count). The molecule has 0 aliphatic carbocycles. The molecule has 1 heterocycles. The van der Waals surface area contributed by atoms with E-state index in [2.05, 4.69) is 18.7 Å². The van der Waals surface area contributed by atoms with Crippen LogP contribution in [0.1, 0.15) is 39.5 Å². The maximum atomic E-state index is 10.4. The Balaban J connectivity index is 2.12. The average molecular weight is 213 g/mol. The fourth-order valence-corrected chi connectivity index (χ4v) is 2.12. The van der Waals surface area contributed by atoms with Gasteiger partial charge in [-0.3, -0.25) is 4.79 Å². The zero-order chi connectivity index (χ0) is 11.3. The molecule has 1 fully saturated rings.